The van der Waals surface area contributed by atoms with Crippen LogP contribution in [0.4, 0.5) is 0 Å². The Morgan fingerprint density at radius 2 is 2.17 bits per heavy atom. The van der Waals surface area contributed by atoms with E-state index in [0.29, 0.717) is 5.30 Å². The fourth-order valence-corrected chi connectivity index (χ4v) is 1.90. The third kappa shape index (κ3) is 1.71. The third-order valence-corrected chi connectivity index (χ3v) is 2.90. The monoisotopic (exact) mass is 183 g/mol. The molecule has 1 aromatic rings. The largest absolute Gasteiger partial charge is 0.546 e. The van der Waals surface area contributed by atoms with Crippen LogP contribution in [0.5, 0.6) is 0 Å². The number of aryl methyl sites for hydroxylation is 1. The van der Waals surface area contributed by atoms with Crippen molar-refractivity contribution in [2.24, 2.45) is 0 Å². The van der Waals surface area contributed by atoms with E-state index in [1.54, 1.807) is 6.07 Å². The first kappa shape index (κ1) is 9.37. The van der Waals surface area contributed by atoms with Crippen molar-refractivity contribution in [1.82, 2.24) is 0 Å². The summed E-state index contributed by atoms with van der Waals surface area (Å²) in [4.78, 5) is 8.93. The van der Waals surface area contributed by atoms with Gasteiger partial charge in [-0.05, 0) is 29.5 Å². The molecule has 0 aliphatic heterocycles. The van der Waals surface area contributed by atoms with Crippen molar-refractivity contribution in [3.8, 4) is 0 Å². The second-order valence-electron chi connectivity index (χ2n) is 2.69. The fourth-order valence-electron chi connectivity index (χ4n) is 1.26. The molecule has 0 saturated heterocycles. The van der Waals surface area contributed by atoms with Gasteiger partial charge in [-0.15, -0.1) is 0 Å². The molecule has 0 spiro atoms. The van der Waals surface area contributed by atoms with Crippen molar-refractivity contribution in [2.45, 2.75) is 20.3 Å². The maximum atomic E-state index is 10.8. The predicted octanol–water partition coefficient (Wildman–Crippen LogP) is 1.92. The second-order valence-corrected chi connectivity index (χ2v) is 3.72. The zero-order chi connectivity index (χ0) is 9.14. The highest BCUT2D eigenvalue weighted by Crippen LogP contribution is 2.18. The molecule has 1 atom stereocenters. The van der Waals surface area contributed by atoms with Gasteiger partial charge in [0.25, 0.3) is 0 Å². The van der Waals surface area contributed by atoms with Crippen molar-refractivity contribution in [3.05, 3.63) is 29.3 Å². The van der Waals surface area contributed by atoms with Gasteiger partial charge >= 0.3 is 8.03 Å². The van der Waals surface area contributed by atoms with Gasteiger partial charge in [0.1, 0.15) is 0 Å². The summed E-state index contributed by atoms with van der Waals surface area (Å²) in [5.41, 5.74) is 2.09. The van der Waals surface area contributed by atoms with Gasteiger partial charge in [-0.3, -0.25) is 0 Å². The van der Waals surface area contributed by atoms with Crippen LogP contribution in [0.25, 0.3) is 0 Å². The zero-order valence-electron chi connectivity index (χ0n) is 7.24. The van der Waals surface area contributed by atoms with Crippen molar-refractivity contribution < 1.29 is 9.46 Å². The van der Waals surface area contributed by atoms with Crippen LogP contribution in [0.1, 0.15) is 18.1 Å². The van der Waals surface area contributed by atoms with E-state index in [9.17, 15) is 4.57 Å². The van der Waals surface area contributed by atoms with Crippen LogP contribution < -0.4 is 5.30 Å². The Kier molecular flexibility index (Phi) is 2.96. The van der Waals surface area contributed by atoms with Crippen molar-refractivity contribution >= 4 is 13.3 Å². The van der Waals surface area contributed by atoms with Crippen LogP contribution >= 0.6 is 8.03 Å². The lowest BCUT2D eigenvalue weighted by Gasteiger charge is -1.99. The van der Waals surface area contributed by atoms with E-state index in [1.807, 2.05) is 26.0 Å². The molecule has 0 fully saturated rings. The highest BCUT2D eigenvalue weighted by molar-refractivity contribution is 7.47. The minimum absolute atomic E-state index is 0.560. The molecule has 0 radical (unpaired) electrons. The van der Waals surface area contributed by atoms with E-state index in [1.165, 1.54) is 0 Å². The number of rotatable bonds is 2. The topological polar surface area (TPSA) is 37.3 Å². The van der Waals surface area contributed by atoms with E-state index in [0.717, 1.165) is 17.5 Å². The van der Waals surface area contributed by atoms with Gasteiger partial charge in [-0.25, -0.2) is 0 Å². The first-order valence-corrected chi connectivity index (χ1v) is 5.12. The minimum atomic E-state index is -2.19. The third-order valence-electron chi connectivity index (χ3n) is 2.00. The van der Waals surface area contributed by atoms with Gasteiger partial charge in [0.2, 0.25) is 5.30 Å². The normalized spacial score (nSPS) is 11.4. The molecule has 0 heterocycles. The number of benzene rings is 1. The molecule has 1 rings (SSSR count). The Bertz CT molecular complexity index is 307. The number of hydrogen-bond donors (Lipinski definition) is 1. The highest BCUT2D eigenvalue weighted by Gasteiger charge is 2.19. The van der Waals surface area contributed by atoms with E-state index >= 15 is 0 Å². The molecule has 64 valence electrons. The molecule has 1 unspecified atom stereocenters. The highest BCUT2D eigenvalue weighted by atomic mass is 31.1. The van der Waals surface area contributed by atoms with Crippen LogP contribution in [0.3, 0.4) is 0 Å². The lowest BCUT2D eigenvalue weighted by molar-refractivity contribution is 0.513. The van der Waals surface area contributed by atoms with Crippen LogP contribution in [-0.2, 0) is 11.0 Å². The van der Waals surface area contributed by atoms with Crippen molar-refractivity contribution in [2.75, 3.05) is 0 Å². The van der Waals surface area contributed by atoms with Crippen LogP contribution in [0, 0.1) is 6.92 Å². The summed E-state index contributed by atoms with van der Waals surface area (Å²) in [5.74, 6) is 0. The molecule has 0 bridgehead atoms. The Morgan fingerprint density at radius 3 is 2.67 bits per heavy atom. The Morgan fingerprint density at radius 1 is 1.50 bits per heavy atom. The standard InChI is InChI=1S/C9H11O2P/c1-3-8-5-4-6-9(7(8)2)12(10)11/h4-6H,3H2,1-2H3/p+1. The Hall–Kier alpha value is -0.720. The molecule has 0 aliphatic rings. The molecular formula is C9H12O2P+. The lowest BCUT2D eigenvalue weighted by Crippen LogP contribution is -2.04. The molecule has 0 aromatic heterocycles. The maximum Gasteiger partial charge on any atom is 0.546 e. The maximum absolute atomic E-state index is 10.8. The summed E-state index contributed by atoms with van der Waals surface area (Å²) in [6.45, 7) is 3.92. The average Bonchev–Trinajstić information content (AvgIpc) is 2.04. The molecule has 1 N–H and O–H groups in total. The van der Waals surface area contributed by atoms with Gasteiger partial charge in [0, 0.05) is 5.56 Å². The van der Waals surface area contributed by atoms with Crippen LogP contribution in [0.2, 0.25) is 0 Å². The molecule has 0 amide bonds. The summed E-state index contributed by atoms with van der Waals surface area (Å²) in [6.07, 6.45) is 0.906. The van der Waals surface area contributed by atoms with E-state index in [-0.39, 0.29) is 0 Å². The molecule has 3 heteroatoms. The molecule has 12 heavy (non-hydrogen) atoms. The van der Waals surface area contributed by atoms with Crippen molar-refractivity contribution in [3.63, 3.8) is 0 Å². The second kappa shape index (κ2) is 3.79. The Balaban J connectivity index is 3.23. The Labute approximate surface area is 73.1 Å². The molecule has 0 saturated carbocycles. The quantitative estimate of drug-likeness (QED) is 0.711. The molecule has 2 nitrogen and oxygen atoms in total. The van der Waals surface area contributed by atoms with Crippen LogP contribution in [0.15, 0.2) is 18.2 Å². The van der Waals surface area contributed by atoms with E-state index in [4.69, 9.17) is 4.89 Å². The molecule has 1 aromatic carbocycles. The smallest absolute Gasteiger partial charge is 0.156 e. The van der Waals surface area contributed by atoms with Crippen molar-refractivity contribution in [1.29, 1.82) is 0 Å². The van der Waals surface area contributed by atoms with Gasteiger partial charge in [0.15, 0.2) is 0 Å². The van der Waals surface area contributed by atoms with E-state index < -0.39 is 8.03 Å². The zero-order valence-corrected chi connectivity index (χ0v) is 8.14. The molecular weight excluding hydrogens is 171 g/mol. The van der Waals surface area contributed by atoms with Gasteiger partial charge in [0.05, 0.1) is 0 Å². The summed E-state index contributed by atoms with van der Waals surface area (Å²) >= 11 is 0. The molecule has 0 aliphatic carbocycles. The minimum Gasteiger partial charge on any atom is -0.156 e. The van der Waals surface area contributed by atoms with Gasteiger partial charge < -0.3 is 0 Å². The number of hydrogen-bond acceptors (Lipinski definition) is 1. The summed E-state index contributed by atoms with van der Waals surface area (Å²) in [5, 5.41) is 0.560. The predicted molar refractivity (Wildman–Crippen MR) is 50.0 cm³/mol. The van der Waals surface area contributed by atoms with Gasteiger partial charge in [-0.2, -0.15) is 4.89 Å². The van der Waals surface area contributed by atoms with Gasteiger partial charge in [-0.1, -0.05) is 19.1 Å². The fraction of sp³-hybridized carbons (Fsp3) is 0.333. The lowest BCUT2D eigenvalue weighted by atomic mass is 10.1. The summed E-state index contributed by atoms with van der Waals surface area (Å²) in [7, 11) is -2.19. The summed E-state index contributed by atoms with van der Waals surface area (Å²) in [6, 6.07) is 5.51. The van der Waals surface area contributed by atoms with E-state index in [2.05, 4.69) is 0 Å². The SMILES string of the molecule is CCc1cccc([P+](=O)O)c1C. The summed E-state index contributed by atoms with van der Waals surface area (Å²) < 4.78 is 10.8. The first-order chi connectivity index (χ1) is 5.66. The average molecular weight is 183 g/mol. The van der Waals surface area contributed by atoms with Crippen LogP contribution in [-0.4, -0.2) is 4.89 Å². The first-order valence-electron chi connectivity index (χ1n) is 3.91.